The zero-order valence-electron chi connectivity index (χ0n) is 14.0. The number of thioether (sulfide) groups is 1. The van der Waals surface area contributed by atoms with Gasteiger partial charge >= 0.3 is 0 Å². The van der Waals surface area contributed by atoms with Crippen LogP contribution in [0.15, 0.2) is 47.4 Å². The van der Waals surface area contributed by atoms with Crippen LogP contribution >= 0.6 is 11.8 Å². The molecule has 1 atom stereocenters. The van der Waals surface area contributed by atoms with Gasteiger partial charge in [-0.25, -0.2) is 8.78 Å². The number of Topliss-reactive ketones (excluding diaryl/α,β-unsaturated/α-hetero) is 1. The second-order valence-electron chi connectivity index (χ2n) is 5.63. The van der Waals surface area contributed by atoms with Gasteiger partial charge in [0.15, 0.2) is 17.4 Å². The Hall–Kier alpha value is -2.21. The molecule has 2 aromatic carbocycles. The number of rotatable bonds is 7. The number of carbonyl (C=O) groups excluding carboxylic acids is 2. The Morgan fingerprint density at radius 2 is 1.76 bits per heavy atom. The van der Waals surface area contributed by atoms with Crippen LogP contribution in [-0.2, 0) is 11.2 Å². The molecule has 0 fully saturated rings. The third kappa shape index (κ3) is 5.67. The average Bonchev–Trinajstić information content (AvgIpc) is 2.58. The third-order valence-corrected chi connectivity index (χ3v) is 4.69. The first-order valence-corrected chi connectivity index (χ1v) is 8.74. The minimum Gasteiger partial charge on any atom is -0.356 e. The van der Waals surface area contributed by atoms with Crippen LogP contribution in [-0.4, -0.2) is 23.5 Å². The molecule has 2 rings (SSSR count). The van der Waals surface area contributed by atoms with Gasteiger partial charge in [0.1, 0.15) is 0 Å². The van der Waals surface area contributed by atoms with E-state index in [4.69, 9.17) is 0 Å². The molecule has 0 spiro atoms. The van der Waals surface area contributed by atoms with E-state index in [2.05, 4.69) is 5.32 Å². The molecule has 0 bridgehead atoms. The quantitative estimate of drug-likeness (QED) is 0.597. The van der Waals surface area contributed by atoms with Crippen LogP contribution < -0.4 is 5.32 Å². The molecule has 0 aliphatic heterocycles. The second kappa shape index (κ2) is 8.76. The summed E-state index contributed by atoms with van der Waals surface area (Å²) in [6, 6.07) is 10.8. The van der Waals surface area contributed by atoms with Gasteiger partial charge < -0.3 is 5.32 Å². The molecular formula is C19H19F2NO2S. The van der Waals surface area contributed by atoms with Gasteiger partial charge in [-0.05, 0) is 37.1 Å². The van der Waals surface area contributed by atoms with E-state index < -0.39 is 16.9 Å². The highest BCUT2D eigenvalue weighted by Crippen LogP contribution is 2.27. The molecule has 0 saturated carbocycles. The van der Waals surface area contributed by atoms with Crippen molar-refractivity contribution in [1.29, 1.82) is 0 Å². The highest BCUT2D eigenvalue weighted by Gasteiger charge is 2.17. The molecule has 0 saturated heterocycles. The number of benzene rings is 2. The summed E-state index contributed by atoms with van der Waals surface area (Å²) in [5.41, 5.74) is 1.58. The Balaban J connectivity index is 1.96. The minimum atomic E-state index is -0.923. The van der Waals surface area contributed by atoms with Crippen molar-refractivity contribution in [2.75, 3.05) is 6.54 Å². The van der Waals surface area contributed by atoms with Gasteiger partial charge in [0.2, 0.25) is 5.91 Å². The summed E-state index contributed by atoms with van der Waals surface area (Å²) >= 11 is 1.19. The molecule has 0 aliphatic carbocycles. The van der Waals surface area contributed by atoms with E-state index in [1.54, 1.807) is 19.1 Å². The molecule has 2 aromatic rings. The maximum Gasteiger partial charge on any atom is 0.216 e. The van der Waals surface area contributed by atoms with Crippen LogP contribution in [0.5, 0.6) is 0 Å². The van der Waals surface area contributed by atoms with Gasteiger partial charge in [-0.2, -0.15) is 0 Å². The Morgan fingerprint density at radius 1 is 1.08 bits per heavy atom. The highest BCUT2D eigenvalue weighted by molar-refractivity contribution is 8.00. The fourth-order valence-electron chi connectivity index (χ4n) is 2.26. The van der Waals surface area contributed by atoms with E-state index in [1.807, 2.05) is 12.1 Å². The van der Waals surface area contributed by atoms with Gasteiger partial charge in [0.25, 0.3) is 0 Å². The van der Waals surface area contributed by atoms with Gasteiger partial charge in [0, 0.05) is 23.9 Å². The van der Waals surface area contributed by atoms with Crippen molar-refractivity contribution in [3.8, 4) is 0 Å². The van der Waals surface area contributed by atoms with Crippen molar-refractivity contribution < 1.29 is 18.4 Å². The van der Waals surface area contributed by atoms with Crippen LogP contribution in [0.3, 0.4) is 0 Å². The molecule has 0 aliphatic rings. The highest BCUT2D eigenvalue weighted by atomic mass is 32.2. The largest absolute Gasteiger partial charge is 0.356 e. The molecule has 3 nitrogen and oxygen atoms in total. The first kappa shape index (κ1) is 19.1. The molecule has 25 heavy (non-hydrogen) atoms. The Morgan fingerprint density at radius 3 is 2.36 bits per heavy atom. The maximum atomic E-state index is 13.3. The summed E-state index contributed by atoms with van der Waals surface area (Å²) in [5.74, 6) is -1.98. The van der Waals surface area contributed by atoms with Crippen LogP contribution in [0.2, 0.25) is 0 Å². The van der Waals surface area contributed by atoms with E-state index in [9.17, 15) is 18.4 Å². The van der Waals surface area contributed by atoms with Crippen LogP contribution in [0.4, 0.5) is 8.78 Å². The van der Waals surface area contributed by atoms with Crippen molar-refractivity contribution in [2.24, 2.45) is 0 Å². The lowest BCUT2D eigenvalue weighted by molar-refractivity contribution is -0.118. The molecule has 1 N–H and O–H groups in total. The van der Waals surface area contributed by atoms with Crippen molar-refractivity contribution in [3.63, 3.8) is 0 Å². The minimum absolute atomic E-state index is 0.0742. The number of hydrogen-bond donors (Lipinski definition) is 1. The molecule has 6 heteroatoms. The standard InChI is InChI=1S/C19H19F2NO2S/c1-12(25-16-7-8-17(20)18(21)11-16)19(24)15-5-3-14(4-6-15)9-10-22-13(2)23/h3-8,11-12H,9-10H2,1-2H3,(H,22,23)/t12-/m0/s1. The number of halogens is 2. The fourth-order valence-corrected chi connectivity index (χ4v) is 3.23. The first-order chi connectivity index (χ1) is 11.9. The SMILES string of the molecule is CC(=O)NCCc1ccc(C(=O)[C@H](C)Sc2ccc(F)c(F)c2)cc1. The van der Waals surface area contributed by atoms with E-state index in [0.717, 1.165) is 17.7 Å². The summed E-state index contributed by atoms with van der Waals surface area (Å²) in [6.45, 7) is 3.75. The Kier molecular flexibility index (Phi) is 6.70. The average molecular weight is 363 g/mol. The van der Waals surface area contributed by atoms with E-state index in [-0.39, 0.29) is 11.7 Å². The number of carbonyl (C=O) groups is 2. The van der Waals surface area contributed by atoms with Crippen LogP contribution in [0, 0.1) is 11.6 Å². The van der Waals surface area contributed by atoms with E-state index in [1.165, 1.54) is 24.8 Å². The topological polar surface area (TPSA) is 46.2 Å². The first-order valence-electron chi connectivity index (χ1n) is 7.86. The van der Waals surface area contributed by atoms with Crippen molar-refractivity contribution in [2.45, 2.75) is 30.4 Å². The Bertz CT molecular complexity index is 763. The van der Waals surface area contributed by atoms with Crippen LogP contribution in [0.1, 0.15) is 29.8 Å². The monoisotopic (exact) mass is 363 g/mol. The number of ketones is 1. The molecule has 0 unspecified atom stereocenters. The summed E-state index contributed by atoms with van der Waals surface area (Å²) in [7, 11) is 0. The summed E-state index contributed by atoms with van der Waals surface area (Å²) < 4.78 is 26.2. The molecule has 1 amide bonds. The van der Waals surface area contributed by atoms with Crippen molar-refractivity contribution in [3.05, 3.63) is 65.2 Å². The number of hydrogen-bond acceptors (Lipinski definition) is 3. The zero-order chi connectivity index (χ0) is 18.4. The smallest absolute Gasteiger partial charge is 0.216 e. The summed E-state index contributed by atoms with van der Waals surface area (Å²) in [6.07, 6.45) is 0.688. The molecule has 0 heterocycles. The van der Waals surface area contributed by atoms with Crippen molar-refractivity contribution in [1.82, 2.24) is 5.32 Å². The Labute approximate surface area is 149 Å². The predicted octanol–water partition coefficient (Wildman–Crippen LogP) is 4.01. The molecule has 132 valence electrons. The lowest BCUT2D eigenvalue weighted by Crippen LogP contribution is -2.22. The fraction of sp³-hybridized carbons (Fsp3) is 0.263. The third-order valence-electron chi connectivity index (χ3n) is 3.60. The summed E-state index contributed by atoms with van der Waals surface area (Å²) in [5, 5.41) is 2.30. The second-order valence-corrected chi connectivity index (χ2v) is 7.04. The summed E-state index contributed by atoms with van der Waals surface area (Å²) in [4.78, 5) is 23.8. The number of amides is 1. The lowest BCUT2D eigenvalue weighted by atomic mass is 10.0. The molecular weight excluding hydrogens is 344 g/mol. The van der Waals surface area contributed by atoms with E-state index >= 15 is 0 Å². The van der Waals surface area contributed by atoms with Gasteiger partial charge in [-0.3, -0.25) is 9.59 Å². The molecule has 0 aromatic heterocycles. The van der Waals surface area contributed by atoms with Gasteiger partial charge in [-0.1, -0.05) is 24.3 Å². The predicted molar refractivity (Wildman–Crippen MR) is 94.8 cm³/mol. The lowest BCUT2D eigenvalue weighted by Gasteiger charge is -2.11. The normalized spacial score (nSPS) is 11.8. The molecule has 0 radical (unpaired) electrons. The van der Waals surface area contributed by atoms with E-state index in [0.29, 0.717) is 23.4 Å². The zero-order valence-corrected chi connectivity index (χ0v) is 14.8. The number of nitrogens with one attached hydrogen (secondary N) is 1. The van der Waals surface area contributed by atoms with Gasteiger partial charge in [0.05, 0.1) is 5.25 Å². The van der Waals surface area contributed by atoms with Crippen molar-refractivity contribution >= 4 is 23.5 Å². The maximum absolute atomic E-state index is 13.3. The van der Waals surface area contributed by atoms with Crippen LogP contribution in [0.25, 0.3) is 0 Å². The van der Waals surface area contributed by atoms with Gasteiger partial charge in [-0.15, -0.1) is 11.8 Å².